The second kappa shape index (κ2) is 6.08. The molecule has 3 aromatic rings. The summed E-state index contributed by atoms with van der Waals surface area (Å²) in [6, 6.07) is 15.6. The van der Waals surface area contributed by atoms with Crippen molar-refractivity contribution in [3.05, 3.63) is 70.9 Å². The molecular weight excluding hydrogens is 294 g/mol. The molecule has 2 N–H and O–H groups in total. The lowest BCUT2D eigenvalue weighted by Gasteiger charge is -2.14. The molecule has 3 heteroatoms. The Morgan fingerprint density at radius 3 is 2.50 bits per heavy atom. The first kappa shape index (κ1) is 15.4. The van der Waals surface area contributed by atoms with Crippen LogP contribution in [0.25, 0.3) is 10.9 Å². The van der Waals surface area contributed by atoms with Crippen molar-refractivity contribution in [1.82, 2.24) is 9.47 Å². The fourth-order valence-corrected chi connectivity index (χ4v) is 3.85. The highest BCUT2D eigenvalue weighted by Crippen LogP contribution is 2.33. The van der Waals surface area contributed by atoms with E-state index in [2.05, 4.69) is 72.1 Å². The molecule has 0 radical (unpaired) electrons. The Kier molecular flexibility index (Phi) is 3.91. The van der Waals surface area contributed by atoms with Crippen molar-refractivity contribution in [3.63, 3.8) is 0 Å². The van der Waals surface area contributed by atoms with Gasteiger partial charge in [-0.3, -0.25) is 4.90 Å². The van der Waals surface area contributed by atoms with E-state index in [0.717, 1.165) is 26.1 Å². The molecule has 2 heterocycles. The van der Waals surface area contributed by atoms with Crippen LogP contribution in [0.15, 0.2) is 48.7 Å². The smallest absolute Gasteiger partial charge is 0.0484 e. The van der Waals surface area contributed by atoms with Crippen molar-refractivity contribution in [3.8, 4) is 0 Å². The summed E-state index contributed by atoms with van der Waals surface area (Å²) in [4.78, 5) is 2.51. The highest BCUT2D eigenvalue weighted by Gasteiger charge is 2.22. The topological polar surface area (TPSA) is 34.2 Å². The Labute approximate surface area is 143 Å². The van der Waals surface area contributed by atoms with Gasteiger partial charge in [0.05, 0.1) is 0 Å². The maximum Gasteiger partial charge on any atom is 0.0484 e. The van der Waals surface area contributed by atoms with Crippen LogP contribution in [0, 0.1) is 0 Å². The van der Waals surface area contributed by atoms with Gasteiger partial charge in [-0.2, -0.15) is 0 Å². The summed E-state index contributed by atoms with van der Waals surface area (Å²) in [5, 5.41) is 1.33. The number of hydrogen-bond donors (Lipinski definition) is 1. The number of rotatable bonds is 4. The minimum atomic E-state index is 0.119. The minimum absolute atomic E-state index is 0.119. The van der Waals surface area contributed by atoms with Gasteiger partial charge in [-0.05, 0) is 40.8 Å². The maximum absolute atomic E-state index is 6.32. The Morgan fingerprint density at radius 1 is 1.08 bits per heavy atom. The lowest BCUT2D eigenvalue weighted by molar-refractivity contribution is 0.275. The maximum atomic E-state index is 6.32. The molecule has 4 rings (SSSR count). The van der Waals surface area contributed by atoms with E-state index in [1.54, 1.807) is 0 Å². The van der Waals surface area contributed by atoms with Crippen molar-refractivity contribution in [2.24, 2.45) is 12.8 Å². The van der Waals surface area contributed by atoms with Gasteiger partial charge in [-0.15, -0.1) is 0 Å². The van der Waals surface area contributed by atoms with E-state index in [0.29, 0.717) is 0 Å². The summed E-state index contributed by atoms with van der Waals surface area (Å²) < 4.78 is 2.22. The molecule has 2 aromatic carbocycles. The number of benzene rings is 2. The summed E-state index contributed by atoms with van der Waals surface area (Å²) in [7, 11) is 2.12. The number of nitrogens with two attached hydrogens (primary N) is 1. The Morgan fingerprint density at radius 2 is 1.79 bits per heavy atom. The summed E-state index contributed by atoms with van der Waals surface area (Å²) in [6.07, 6.45) is 3.17. The first-order valence-electron chi connectivity index (χ1n) is 8.78. The van der Waals surface area contributed by atoms with Crippen molar-refractivity contribution in [1.29, 1.82) is 0 Å². The average Bonchev–Trinajstić information content (AvgIpc) is 3.13. The van der Waals surface area contributed by atoms with Crippen molar-refractivity contribution in [2.45, 2.75) is 39.0 Å². The van der Waals surface area contributed by atoms with Crippen molar-refractivity contribution >= 4 is 10.9 Å². The molecule has 124 valence electrons. The van der Waals surface area contributed by atoms with Crippen LogP contribution in [0.5, 0.6) is 0 Å². The third-order valence-electron chi connectivity index (χ3n) is 5.22. The van der Waals surface area contributed by atoms with E-state index >= 15 is 0 Å². The van der Waals surface area contributed by atoms with Crippen LogP contribution in [-0.2, 0) is 26.7 Å². The quantitative estimate of drug-likeness (QED) is 0.785. The number of fused-ring (bicyclic) bond motifs is 2. The summed E-state index contributed by atoms with van der Waals surface area (Å²) in [5.41, 5.74) is 13.2. The van der Waals surface area contributed by atoms with Crippen molar-refractivity contribution < 1.29 is 0 Å². The van der Waals surface area contributed by atoms with Crippen LogP contribution in [0.3, 0.4) is 0 Å². The minimum Gasteiger partial charge on any atom is -0.350 e. The number of hydrogen-bond acceptors (Lipinski definition) is 2. The lowest BCUT2D eigenvalue weighted by Crippen LogP contribution is -2.15. The first-order chi connectivity index (χ1) is 11.7. The zero-order valence-electron chi connectivity index (χ0n) is 14.5. The average molecular weight is 319 g/mol. The number of aryl methyl sites for hydroxylation is 1. The van der Waals surface area contributed by atoms with Gasteiger partial charge >= 0.3 is 0 Å². The van der Waals surface area contributed by atoms with Crippen LogP contribution >= 0.6 is 0 Å². The van der Waals surface area contributed by atoms with Crippen LogP contribution in [0.1, 0.15) is 41.6 Å². The molecule has 24 heavy (non-hydrogen) atoms. The molecule has 0 saturated heterocycles. The van der Waals surface area contributed by atoms with Gasteiger partial charge in [0, 0.05) is 49.8 Å². The molecule has 0 aliphatic carbocycles. The fraction of sp³-hybridized carbons (Fsp3) is 0.333. The van der Waals surface area contributed by atoms with Crippen LogP contribution in [-0.4, -0.2) is 9.47 Å². The summed E-state index contributed by atoms with van der Waals surface area (Å²) in [5.74, 6) is 0. The highest BCUT2D eigenvalue weighted by atomic mass is 15.1. The van der Waals surface area contributed by atoms with Gasteiger partial charge in [0.25, 0.3) is 0 Å². The molecule has 0 saturated carbocycles. The van der Waals surface area contributed by atoms with Gasteiger partial charge in [0.1, 0.15) is 0 Å². The predicted molar refractivity (Wildman–Crippen MR) is 99.5 cm³/mol. The molecule has 0 bridgehead atoms. The summed E-state index contributed by atoms with van der Waals surface area (Å²) in [6.45, 7) is 5.21. The molecule has 1 aromatic heterocycles. The van der Waals surface area contributed by atoms with Crippen molar-refractivity contribution in [2.75, 3.05) is 0 Å². The van der Waals surface area contributed by atoms with E-state index in [-0.39, 0.29) is 6.04 Å². The van der Waals surface area contributed by atoms with Gasteiger partial charge in [0.15, 0.2) is 0 Å². The molecule has 0 spiro atoms. The molecule has 1 aliphatic heterocycles. The highest BCUT2D eigenvalue weighted by molar-refractivity contribution is 5.86. The Hall–Kier alpha value is -2.10. The standard InChI is InChI=1S/C21H25N3/c1-3-20(22)19-14-23(2)21-10-17-13-24(12-16(17)9-18(19)21)11-15-7-5-4-6-8-15/h4-10,14,20H,3,11-13,22H2,1-2H3. The van der Waals surface area contributed by atoms with E-state index in [1.165, 1.54) is 33.2 Å². The molecular formula is C21H25N3. The molecule has 0 amide bonds. The molecule has 1 atom stereocenters. The molecule has 1 unspecified atom stereocenters. The lowest BCUT2D eigenvalue weighted by atomic mass is 10.0. The Bertz CT molecular complexity index is 864. The fourth-order valence-electron chi connectivity index (χ4n) is 3.85. The number of aromatic nitrogens is 1. The second-order valence-electron chi connectivity index (χ2n) is 6.98. The monoisotopic (exact) mass is 319 g/mol. The van der Waals surface area contributed by atoms with Gasteiger partial charge in [-0.25, -0.2) is 0 Å². The summed E-state index contributed by atoms with van der Waals surface area (Å²) >= 11 is 0. The second-order valence-corrected chi connectivity index (χ2v) is 6.98. The first-order valence-corrected chi connectivity index (χ1v) is 8.78. The largest absolute Gasteiger partial charge is 0.350 e. The zero-order valence-corrected chi connectivity index (χ0v) is 14.5. The van der Waals surface area contributed by atoms with Gasteiger partial charge in [-0.1, -0.05) is 37.3 Å². The third-order valence-corrected chi connectivity index (χ3v) is 5.22. The number of nitrogens with zero attached hydrogens (tertiary/aromatic N) is 2. The van der Waals surface area contributed by atoms with Gasteiger partial charge < -0.3 is 10.3 Å². The normalized spacial score (nSPS) is 15.8. The van der Waals surface area contributed by atoms with Crippen LogP contribution < -0.4 is 5.73 Å². The van der Waals surface area contributed by atoms with E-state index in [9.17, 15) is 0 Å². The van der Waals surface area contributed by atoms with E-state index < -0.39 is 0 Å². The van der Waals surface area contributed by atoms with E-state index in [1.807, 2.05) is 0 Å². The molecule has 3 nitrogen and oxygen atoms in total. The third kappa shape index (κ3) is 2.64. The zero-order chi connectivity index (χ0) is 16.7. The Balaban J connectivity index is 1.65. The molecule has 1 aliphatic rings. The van der Waals surface area contributed by atoms with Crippen LogP contribution in [0.2, 0.25) is 0 Å². The van der Waals surface area contributed by atoms with Gasteiger partial charge in [0.2, 0.25) is 0 Å². The van der Waals surface area contributed by atoms with Crippen LogP contribution in [0.4, 0.5) is 0 Å². The van der Waals surface area contributed by atoms with E-state index in [4.69, 9.17) is 5.73 Å². The SMILES string of the molecule is CCC(N)c1cn(C)c2cc3c(cc12)CN(Cc1ccccc1)C3. The molecule has 0 fully saturated rings. The predicted octanol–water partition coefficient (Wildman–Crippen LogP) is 4.10.